The maximum atomic E-state index is 12.4. The van der Waals surface area contributed by atoms with Gasteiger partial charge in [0, 0.05) is 11.1 Å². The lowest BCUT2D eigenvalue weighted by molar-refractivity contribution is -0.115. The van der Waals surface area contributed by atoms with Gasteiger partial charge in [0.2, 0.25) is 5.91 Å². The lowest BCUT2D eigenvalue weighted by Gasteiger charge is -2.09. The van der Waals surface area contributed by atoms with Crippen molar-refractivity contribution in [3.8, 4) is 11.5 Å². The van der Waals surface area contributed by atoms with E-state index in [0.29, 0.717) is 27.9 Å². The third-order valence-electron chi connectivity index (χ3n) is 4.22. The maximum absolute atomic E-state index is 12.4. The van der Waals surface area contributed by atoms with Crippen molar-refractivity contribution in [2.45, 2.75) is 6.42 Å². The predicted octanol–water partition coefficient (Wildman–Crippen LogP) is 3.90. The van der Waals surface area contributed by atoms with Crippen molar-refractivity contribution in [3.63, 3.8) is 0 Å². The Morgan fingerprint density at radius 3 is 2.25 bits per heavy atom. The summed E-state index contributed by atoms with van der Waals surface area (Å²) >= 11 is 0. The van der Waals surface area contributed by atoms with Gasteiger partial charge in [-0.1, -0.05) is 36.4 Å². The van der Waals surface area contributed by atoms with Crippen LogP contribution in [0.1, 0.15) is 5.69 Å². The predicted molar refractivity (Wildman–Crippen MR) is 108 cm³/mol. The minimum Gasteiger partial charge on any atom is -0.457 e. The number of rotatable bonds is 5. The molecule has 6 nitrogen and oxygen atoms in total. The maximum Gasteiger partial charge on any atom is 0.272 e. The number of benzene rings is 3. The van der Waals surface area contributed by atoms with Crippen LogP contribution in [0.25, 0.3) is 10.8 Å². The second-order valence-electron chi connectivity index (χ2n) is 6.21. The van der Waals surface area contributed by atoms with E-state index in [0.717, 1.165) is 5.75 Å². The van der Waals surface area contributed by atoms with Crippen molar-refractivity contribution in [1.82, 2.24) is 10.2 Å². The lowest BCUT2D eigenvalue weighted by atomic mass is 10.1. The molecule has 0 spiro atoms. The molecule has 6 heteroatoms. The number of carbonyl (C=O) groups is 1. The van der Waals surface area contributed by atoms with Crippen LogP contribution in [-0.2, 0) is 11.2 Å². The molecule has 1 amide bonds. The lowest BCUT2D eigenvalue weighted by Crippen LogP contribution is -2.18. The van der Waals surface area contributed by atoms with Crippen LogP contribution in [0.5, 0.6) is 11.5 Å². The summed E-state index contributed by atoms with van der Waals surface area (Å²) in [6.45, 7) is 0. The van der Waals surface area contributed by atoms with Crippen LogP contribution in [0, 0.1) is 0 Å². The molecule has 28 heavy (non-hydrogen) atoms. The van der Waals surface area contributed by atoms with Gasteiger partial charge in [-0.15, -0.1) is 0 Å². The van der Waals surface area contributed by atoms with Crippen molar-refractivity contribution < 1.29 is 9.53 Å². The average Bonchev–Trinajstić information content (AvgIpc) is 2.73. The van der Waals surface area contributed by atoms with Gasteiger partial charge in [-0.2, -0.15) is 5.10 Å². The van der Waals surface area contributed by atoms with Gasteiger partial charge in [0.15, 0.2) is 0 Å². The Balaban J connectivity index is 1.44. The monoisotopic (exact) mass is 371 g/mol. The van der Waals surface area contributed by atoms with Crippen molar-refractivity contribution in [2.24, 2.45) is 0 Å². The zero-order valence-electron chi connectivity index (χ0n) is 14.9. The number of nitrogens with zero attached hydrogens (tertiary/aromatic N) is 1. The molecule has 0 bridgehead atoms. The van der Waals surface area contributed by atoms with E-state index in [-0.39, 0.29) is 17.9 Å². The number of fused-ring (bicyclic) bond motifs is 1. The highest BCUT2D eigenvalue weighted by molar-refractivity contribution is 5.95. The molecule has 3 aromatic carbocycles. The van der Waals surface area contributed by atoms with Crippen molar-refractivity contribution in [2.75, 3.05) is 5.32 Å². The molecule has 0 aliphatic carbocycles. The van der Waals surface area contributed by atoms with Crippen molar-refractivity contribution >= 4 is 22.4 Å². The number of hydrogen-bond donors (Lipinski definition) is 2. The molecular weight excluding hydrogens is 354 g/mol. The largest absolute Gasteiger partial charge is 0.457 e. The average molecular weight is 371 g/mol. The topological polar surface area (TPSA) is 84.1 Å². The summed E-state index contributed by atoms with van der Waals surface area (Å²) in [6.07, 6.45) is 0.0551. The number of nitrogens with one attached hydrogen (secondary N) is 2. The number of H-pyrrole nitrogens is 1. The summed E-state index contributed by atoms with van der Waals surface area (Å²) in [5, 5.41) is 10.5. The molecule has 1 heterocycles. The van der Waals surface area contributed by atoms with Crippen LogP contribution < -0.4 is 15.6 Å². The molecule has 0 radical (unpaired) electrons. The zero-order chi connectivity index (χ0) is 19.3. The van der Waals surface area contributed by atoms with Gasteiger partial charge in [0.1, 0.15) is 11.5 Å². The fraction of sp³-hybridized carbons (Fsp3) is 0.0455. The number of carbonyl (C=O) groups excluding carboxylic acids is 1. The molecule has 0 aliphatic heterocycles. The second kappa shape index (κ2) is 7.75. The molecule has 0 aliphatic rings. The Morgan fingerprint density at radius 2 is 1.50 bits per heavy atom. The summed E-state index contributed by atoms with van der Waals surface area (Å²) < 4.78 is 5.74. The summed E-state index contributed by atoms with van der Waals surface area (Å²) in [5.74, 6) is 1.20. The standard InChI is InChI=1S/C22H17N3O3/c26-21(14-20-18-8-4-5-9-19(18)22(27)25-24-20)23-15-10-12-17(13-11-15)28-16-6-2-1-3-7-16/h1-13H,14H2,(H,23,26)(H,25,27). The van der Waals surface area contributed by atoms with Crippen LogP contribution in [0.15, 0.2) is 83.7 Å². The molecule has 0 fully saturated rings. The van der Waals surface area contributed by atoms with Gasteiger partial charge in [0.25, 0.3) is 5.56 Å². The first kappa shape index (κ1) is 17.5. The highest BCUT2D eigenvalue weighted by Crippen LogP contribution is 2.22. The fourth-order valence-electron chi connectivity index (χ4n) is 2.89. The zero-order valence-corrected chi connectivity index (χ0v) is 14.9. The number of aromatic amines is 1. The Morgan fingerprint density at radius 1 is 0.857 bits per heavy atom. The number of hydrogen-bond acceptors (Lipinski definition) is 4. The number of anilines is 1. The van der Waals surface area contributed by atoms with Gasteiger partial charge in [-0.25, -0.2) is 5.10 Å². The fourth-order valence-corrected chi connectivity index (χ4v) is 2.89. The van der Waals surface area contributed by atoms with Crippen LogP contribution >= 0.6 is 0 Å². The van der Waals surface area contributed by atoms with Crippen LogP contribution in [-0.4, -0.2) is 16.1 Å². The number of ether oxygens (including phenoxy) is 1. The van der Waals surface area contributed by atoms with E-state index in [9.17, 15) is 9.59 Å². The molecule has 138 valence electrons. The first-order chi connectivity index (χ1) is 13.7. The Kier molecular flexibility index (Phi) is 4.84. The van der Waals surface area contributed by atoms with Gasteiger partial charge in [-0.3, -0.25) is 9.59 Å². The number of para-hydroxylation sites is 1. The van der Waals surface area contributed by atoms with Crippen LogP contribution in [0.3, 0.4) is 0 Å². The van der Waals surface area contributed by atoms with E-state index in [4.69, 9.17) is 4.74 Å². The normalized spacial score (nSPS) is 10.6. The molecule has 1 aromatic heterocycles. The summed E-state index contributed by atoms with van der Waals surface area (Å²) in [7, 11) is 0. The molecule has 2 N–H and O–H groups in total. The Bertz CT molecular complexity index is 1170. The molecule has 0 saturated heterocycles. The summed E-state index contributed by atoms with van der Waals surface area (Å²) in [6, 6.07) is 23.7. The molecule has 4 rings (SSSR count). The number of aromatic nitrogens is 2. The molecule has 0 unspecified atom stereocenters. The number of amides is 1. The minimum absolute atomic E-state index is 0.0551. The Labute approximate surface area is 160 Å². The highest BCUT2D eigenvalue weighted by Gasteiger charge is 2.11. The van der Waals surface area contributed by atoms with E-state index in [1.54, 1.807) is 42.5 Å². The van der Waals surface area contributed by atoms with Crippen LogP contribution in [0.2, 0.25) is 0 Å². The first-order valence-corrected chi connectivity index (χ1v) is 8.78. The van der Waals surface area contributed by atoms with Crippen molar-refractivity contribution in [3.05, 3.63) is 94.9 Å². The van der Waals surface area contributed by atoms with Gasteiger partial charge in [0.05, 0.1) is 17.5 Å². The third kappa shape index (κ3) is 3.91. The summed E-state index contributed by atoms with van der Waals surface area (Å²) in [4.78, 5) is 24.3. The third-order valence-corrected chi connectivity index (χ3v) is 4.22. The van der Waals surface area contributed by atoms with E-state index < -0.39 is 0 Å². The summed E-state index contributed by atoms with van der Waals surface area (Å²) in [5.41, 5.74) is 0.907. The van der Waals surface area contributed by atoms with E-state index >= 15 is 0 Å². The Hall–Kier alpha value is -3.93. The van der Waals surface area contributed by atoms with Crippen molar-refractivity contribution in [1.29, 1.82) is 0 Å². The molecule has 4 aromatic rings. The van der Waals surface area contributed by atoms with E-state index in [1.807, 2.05) is 36.4 Å². The smallest absolute Gasteiger partial charge is 0.272 e. The van der Waals surface area contributed by atoms with Gasteiger partial charge < -0.3 is 10.1 Å². The minimum atomic E-state index is -0.270. The first-order valence-electron chi connectivity index (χ1n) is 8.78. The van der Waals surface area contributed by atoms with E-state index in [2.05, 4.69) is 15.5 Å². The molecule has 0 saturated carbocycles. The SMILES string of the molecule is O=C(Cc1n[nH]c(=O)c2ccccc12)Nc1ccc(Oc2ccccc2)cc1. The van der Waals surface area contributed by atoms with Gasteiger partial charge >= 0.3 is 0 Å². The molecule has 0 atom stereocenters. The van der Waals surface area contributed by atoms with Gasteiger partial charge in [-0.05, 0) is 42.5 Å². The molecular formula is C22H17N3O3. The second-order valence-corrected chi connectivity index (χ2v) is 6.21. The van der Waals surface area contributed by atoms with Crippen LogP contribution in [0.4, 0.5) is 5.69 Å². The highest BCUT2D eigenvalue weighted by atomic mass is 16.5. The van der Waals surface area contributed by atoms with E-state index in [1.165, 1.54) is 0 Å². The quantitative estimate of drug-likeness (QED) is 0.557.